The van der Waals surface area contributed by atoms with E-state index in [1.807, 2.05) is 0 Å². The number of carbonyl (C=O) groups is 2. The fourth-order valence-electron chi connectivity index (χ4n) is 4.90. The molecule has 340 valence electrons. The first-order valence-electron chi connectivity index (χ1n) is 19.1. The number of amides is 1. The smallest absolute Gasteiger partial charge is 0.247 e. The van der Waals surface area contributed by atoms with Gasteiger partial charge in [-0.2, -0.15) is 9.97 Å². The SMILES string of the molecule is C=CC(=O)Cl.C=CC(=O)Nc1cccc(Nc2nc(Nc3ccc(Cl)c(O[C@@H](C)CO)c3)ncc2F)c1.C[C@@H](CO)Oc1cc(Nc2ncc(F)c(Nc3cccc(N)c3)n2)ccc1Cl. The third-order valence-electron chi connectivity index (χ3n) is 7.92. The van der Waals surface area contributed by atoms with Crippen molar-refractivity contribution in [3.05, 3.63) is 144 Å². The Bertz CT molecular complexity index is 2600. The van der Waals surface area contributed by atoms with Crippen LogP contribution in [0.25, 0.3) is 0 Å². The highest BCUT2D eigenvalue weighted by atomic mass is 35.5. The van der Waals surface area contributed by atoms with Crippen molar-refractivity contribution in [3.8, 4) is 11.5 Å². The molecule has 4 aromatic carbocycles. The van der Waals surface area contributed by atoms with Gasteiger partial charge in [-0.15, -0.1) is 0 Å². The summed E-state index contributed by atoms with van der Waals surface area (Å²) in [5, 5.41) is 32.9. The number of benzene rings is 4. The predicted octanol–water partition coefficient (Wildman–Crippen LogP) is 9.68. The van der Waals surface area contributed by atoms with Gasteiger partial charge in [-0.1, -0.05) is 48.5 Å². The first-order valence-corrected chi connectivity index (χ1v) is 20.2. The number of carbonyl (C=O) groups excluding carboxylic acids is 2. The number of allylic oxidation sites excluding steroid dienone is 1. The van der Waals surface area contributed by atoms with Gasteiger partial charge in [0, 0.05) is 46.3 Å². The van der Waals surface area contributed by atoms with Crippen LogP contribution in [-0.4, -0.2) is 66.7 Å². The zero-order valence-corrected chi connectivity index (χ0v) is 36.9. The van der Waals surface area contributed by atoms with Crippen molar-refractivity contribution in [2.75, 3.05) is 45.5 Å². The first-order chi connectivity index (χ1) is 31.1. The lowest BCUT2D eigenvalue weighted by Crippen LogP contribution is -2.16. The van der Waals surface area contributed by atoms with Crippen LogP contribution in [0.5, 0.6) is 11.5 Å². The molecule has 0 bridgehead atoms. The predicted molar refractivity (Wildman–Crippen MR) is 252 cm³/mol. The van der Waals surface area contributed by atoms with Gasteiger partial charge in [0.1, 0.15) is 23.7 Å². The van der Waals surface area contributed by atoms with Gasteiger partial charge in [0.2, 0.25) is 23.0 Å². The molecule has 0 aliphatic carbocycles. The van der Waals surface area contributed by atoms with E-state index in [0.717, 1.165) is 24.5 Å². The van der Waals surface area contributed by atoms with Crippen molar-refractivity contribution < 1.29 is 38.1 Å². The number of ether oxygens (including phenoxy) is 2. The van der Waals surface area contributed by atoms with Crippen LogP contribution >= 0.6 is 34.8 Å². The van der Waals surface area contributed by atoms with Crippen LogP contribution in [-0.2, 0) is 9.59 Å². The van der Waals surface area contributed by atoms with Crippen molar-refractivity contribution in [2.24, 2.45) is 0 Å². The zero-order valence-electron chi connectivity index (χ0n) is 34.7. The summed E-state index contributed by atoms with van der Waals surface area (Å²) in [6.07, 6.45) is 3.44. The third kappa shape index (κ3) is 16.9. The standard InChI is InChI=1S/C22H21ClFN5O3.C19H19ClFN5O2.C3H3ClO/c1-3-20(31)26-14-5-4-6-15(9-14)27-21-18(24)11-25-22(29-21)28-16-7-8-17(23)19(10-16)32-13(2)12-30;1-11(10-27)28-17-8-14(5-6-15(17)20)25-19-23-9-16(21)18(26-19)24-13-4-2-3-12(22)7-13;1-2-3(4)5/h3-11,13,30H,1,12H2,2H3,(H,26,31)(H2,25,27,28,29);2-9,11,27H,10,22H2,1H3,(H2,23,24,25,26);2H,1H2/t13-;11-;/m00./s1. The van der Waals surface area contributed by atoms with Gasteiger partial charge >= 0.3 is 0 Å². The average Bonchev–Trinajstić information content (AvgIpc) is 3.28. The molecule has 1 amide bonds. The van der Waals surface area contributed by atoms with Crippen molar-refractivity contribution in [2.45, 2.75) is 26.1 Å². The number of rotatable bonds is 17. The van der Waals surface area contributed by atoms with E-state index in [0.29, 0.717) is 55.7 Å². The minimum Gasteiger partial charge on any atom is -0.487 e. The van der Waals surface area contributed by atoms with Crippen LogP contribution < -0.4 is 41.8 Å². The molecular formula is C44H43Cl3F2N10O6. The molecule has 0 aliphatic heterocycles. The van der Waals surface area contributed by atoms with E-state index in [1.54, 1.807) is 98.8 Å². The van der Waals surface area contributed by atoms with Crippen LogP contribution in [0, 0.1) is 11.6 Å². The van der Waals surface area contributed by atoms with E-state index >= 15 is 0 Å². The maximum absolute atomic E-state index is 14.3. The largest absolute Gasteiger partial charge is 0.487 e. The molecule has 0 unspecified atom stereocenters. The quantitative estimate of drug-likeness (QED) is 0.0242. The molecular weight excluding hydrogens is 909 g/mol. The Balaban J connectivity index is 0.000000259. The molecule has 9 N–H and O–H groups in total. The van der Waals surface area contributed by atoms with Crippen molar-refractivity contribution in [3.63, 3.8) is 0 Å². The Morgan fingerprint density at radius 2 is 1.12 bits per heavy atom. The van der Waals surface area contributed by atoms with Crippen molar-refractivity contribution in [1.82, 2.24) is 19.9 Å². The van der Waals surface area contributed by atoms with Crippen LogP contribution in [0.2, 0.25) is 10.0 Å². The number of nitrogens with one attached hydrogen (secondary N) is 5. The zero-order chi connectivity index (χ0) is 47.5. The van der Waals surface area contributed by atoms with Crippen LogP contribution in [0.4, 0.5) is 66.4 Å². The van der Waals surface area contributed by atoms with Crippen LogP contribution in [0.1, 0.15) is 13.8 Å². The van der Waals surface area contributed by atoms with E-state index in [-0.39, 0.29) is 42.7 Å². The summed E-state index contributed by atoms with van der Waals surface area (Å²) in [4.78, 5) is 37.2. The maximum atomic E-state index is 14.3. The lowest BCUT2D eigenvalue weighted by molar-refractivity contribution is -0.112. The number of aromatic nitrogens is 4. The van der Waals surface area contributed by atoms with E-state index in [2.05, 4.69) is 59.7 Å². The molecule has 16 nitrogen and oxygen atoms in total. The molecule has 65 heavy (non-hydrogen) atoms. The molecule has 0 saturated heterocycles. The summed E-state index contributed by atoms with van der Waals surface area (Å²) in [7, 11) is 0. The number of hydrogen-bond acceptors (Lipinski definition) is 15. The number of anilines is 10. The molecule has 0 aliphatic rings. The van der Waals surface area contributed by atoms with Crippen LogP contribution in [0.15, 0.2) is 123 Å². The summed E-state index contributed by atoms with van der Waals surface area (Å²) in [6, 6.07) is 23.5. The van der Waals surface area contributed by atoms with Gasteiger partial charge in [0.15, 0.2) is 23.3 Å². The van der Waals surface area contributed by atoms with Crippen molar-refractivity contribution in [1.29, 1.82) is 0 Å². The molecule has 2 aromatic heterocycles. The Labute approximate surface area is 387 Å². The number of nitrogens with two attached hydrogens (primary N) is 1. The number of hydrogen-bond donors (Lipinski definition) is 8. The monoisotopic (exact) mass is 950 g/mol. The third-order valence-corrected chi connectivity index (χ3v) is 8.70. The molecule has 6 aromatic rings. The number of nitrogens with zero attached hydrogens (tertiary/aromatic N) is 4. The first kappa shape index (κ1) is 50.6. The molecule has 0 saturated carbocycles. The molecule has 6 rings (SSSR count). The molecule has 0 radical (unpaired) electrons. The van der Waals surface area contributed by atoms with E-state index in [9.17, 15) is 23.5 Å². The second-order valence-electron chi connectivity index (χ2n) is 13.2. The maximum Gasteiger partial charge on any atom is 0.247 e. The summed E-state index contributed by atoms with van der Waals surface area (Å²) >= 11 is 17.0. The number of aliphatic hydroxyl groups excluding tert-OH is 2. The number of nitrogen functional groups attached to an aromatic ring is 1. The fourth-order valence-corrected chi connectivity index (χ4v) is 5.22. The van der Waals surface area contributed by atoms with Gasteiger partial charge in [0.25, 0.3) is 0 Å². The normalized spacial score (nSPS) is 11.2. The summed E-state index contributed by atoms with van der Waals surface area (Å²) in [5.74, 6) is -0.605. The second kappa shape index (κ2) is 25.3. The molecule has 0 spiro atoms. The summed E-state index contributed by atoms with van der Waals surface area (Å²) < 4.78 is 39.5. The summed E-state index contributed by atoms with van der Waals surface area (Å²) in [6.45, 7) is 9.59. The molecule has 2 heterocycles. The highest BCUT2D eigenvalue weighted by molar-refractivity contribution is 6.66. The Kier molecular flexibility index (Phi) is 19.7. The average molecular weight is 952 g/mol. The van der Waals surface area contributed by atoms with Crippen molar-refractivity contribution >= 4 is 104 Å². The van der Waals surface area contributed by atoms with Gasteiger partial charge in [-0.3, -0.25) is 9.59 Å². The topological polar surface area (TPSA) is 231 Å². The Morgan fingerprint density at radius 1 is 0.692 bits per heavy atom. The highest BCUT2D eigenvalue weighted by Gasteiger charge is 2.14. The van der Waals surface area contributed by atoms with E-state index in [1.165, 1.54) is 0 Å². The highest BCUT2D eigenvalue weighted by Crippen LogP contribution is 2.32. The molecule has 2 atom stereocenters. The summed E-state index contributed by atoms with van der Waals surface area (Å²) in [5.41, 5.74) is 9.05. The van der Waals surface area contributed by atoms with E-state index < -0.39 is 29.1 Å². The fraction of sp³-hybridized carbons (Fsp3) is 0.136. The number of aliphatic hydroxyl groups is 2. The lowest BCUT2D eigenvalue weighted by Gasteiger charge is -2.15. The minimum atomic E-state index is -0.659. The van der Waals surface area contributed by atoms with E-state index in [4.69, 9.17) is 55.1 Å². The van der Waals surface area contributed by atoms with Crippen LogP contribution in [0.3, 0.4) is 0 Å². The molecule has 21 heteroatoms. The van der Waals surface area contributed by atoms with Gasteiger partial charge in [-0.05, 0) is 98.3 Å². The Morgan fingerprint density at radius 3 is 1.55 bits per heavy atom. The minimum absolute atomic E-state index is 0.00226. The van der Waals surface area contributed by atoms with Gasteiger partial charge < -0.3 is 52.0 Å². The second-order valence-corrected chi connectivity index (χ2v) is 14.4. The Hall–Kier alpha value is -7.09. The number of halogens is 5. The van der Waals surface area contributed by atoms with Gasteiger partial charge in [-0.25, -0.2) is 18.7 Å². The lowest BCUT2D eigenvalue weighted by atomic mass is 10.2. The molecule has 0 fully saturated rings. The van der Waals surface area contributed by atoms with Gasteiger partial charge in [0.05, 0.1) is 35.7 Å².